The van der Waals surface area contributed by atoms with Gasteiger partial charge < -0.3 is 4.74 Å². The molecule has 0 spiro atoms. The zero-order valence-electron chi connectivity index (χ0n) is 10.7. The number of ether oxygens (including phenoxy) is 1. The first kappa shape index (κ1) is 13.5. The van der Waals surface area contributed by atoms with Crippen LogP contribution in [0, 0.1) is 0 Å². The second-order valence-electron chi connectivity index (χ2n) is 4.69. The molecular formula is C13H19NO3S. The van der Waals surface area contributed by atoms with Crippen LogP contribution in [-0.2, 0) is 14.8 Å². The smallest absolute Gasteiger partial charge is 0.211 e. The van der Waals surface area contributed by atoms with E-state index in [0.717, 1.165) is 18.4 Å². The number of hydrogen-bond donors (Lipinski definition) is 0. The van der Waals surface area contributed by atoms with E-state index in [2.05, 4.69) is 0 Å². The van der Waals surface area contributed by atoms with Crippen molar-refractivity contribution < 1.29 is 13.2 Å². The zero-order chi connectivity index (χ0) is 13.2. The first-order valence-electron chi connectivity index (χ1n) is 6.07. The molecule has 100 valence electrons. The first-order valence-corrected chi connectivity index (χ1v) is 7.91. The summed E-state index contributed by atoms with van der Waals surface area (Å²) in [5.74, 6) is 0. The van der Waals surface area contributed by atoms with Gasteiger partial charge in [0, 0.05) is 19.7 Å². The number of rotatable bonds is 3. The van der Waals surface area contributed by atoms with Gasteiger partial charge >= 0.3 is 0 Å². The molecule has 0 amide bonds. The van der Waals surface area contributed by atoms with E-state index in [4.69, 9.17) is 4.74 Å². The van der Waals surface area contributed by atoms with E-state index in [0.29, 0.717) is 6.54 Å². The van der Waals surface area contributed by atoms with Crippen molar-refractivity contribution in [1.29, 1.82) is 0 Å². The van der Waals surface area contributed by atoms with Crippen LogP contribution in [0.25, 0.3) is 0 Å². The summed E-state index contributed by atoms with van der Waals surface area (Å²) in [6.45, 7) is 0.439. The summed E-state index contributed by atoms with van der Waals surface area (Å²) in [4.78, 5) is 0. The maximum absolute atomic E-state index is 11.9. The molecule has 1 aromatic rings. The molecule has 2 unspecified atom stereocenters. The van der Waals surface area contributed by atoms with Gasteiger partial charge in [-0.3, -0.25) is 0 Å². The third kappa shape index (κ3) is 2.91. The highest BCUT2D eigenvalue weighted by atomic mass is 32.2. The van der Waals surface area contributed by atoms with Gasteiger partial charge in [-0.2, -0.15) is 4.31 Å². The monoisotopic (exact) mass is 269 g/mol. The minimum absolute atomic E-state index is 0.000290. The lowest BCUT2D eigenvalue weighted by Crippen LogP contribution is -2.44. The van der Waals surface area contributed by atoms with Gasteiger partial charge in [-0.15, -0.1) is 0 Å². The highest BCUT2D eigenvalue weighted by Gasteiger charge is 2.34. The van der Waals surface area contributed by atoms with E-state index < -0.39 is 10.0 Å². The Morgan fingerprint density at radius 1 is 1.22 bits per heavy atom. The Morgan fingerprint density at radius 3 is 2.44 bits per heavy atom. The summed E-state index contributed by atoms with van der Waals surface area (Å²) >= 11 is 0. The quantitative estimate of drug-likeness (QED) is 0.840. The topological polar surface area (TPSA) is 46.6 Å². The molecule has 2 rings (SSSR count). The average Bonchev–Trinajstić information content (AvgIpc) is 2.38. The summed E-state index contributed by atoms with van der Waals surface area (Å²) in [7, 11) is -1.58. The molecule has 18 heavy (non-hydrogen) atoms. The summed E-state index contributed by atoms with van der Waals surface area (Å²) in [6.07, 6.45) is 2.96. The Kier molecular flexibility index (Phi) is 4.04. The fraction of sp³-hybridized carbons (Fsp3) is 0.538. The lowest BCUT2D eigenvalue weighted by atomic mass is 9.96. The van der Waals surface area contributed by atoms with Crippen molar-refractivity contribution >= 4 is 10.0 Å². The molecule has 0 saturated carbocycles. The SMILES string of the molecule is COC1CCC(c2ccccc2)N(S(C)(=O)=O)C1. The predicted octanol–water partition coefficient (Wildman–Crippen LogP) is 1.80. The highest BCUT2D eigenvalue weighted by molar-refractivity contribution is 7.88. The molecule has 0 aromatic heterocycles. The van der Waals surface area contributed by atoms with Crippen molar-refractivity contribution in [2.75, 3.05) is 19.9 Å². The van der Waals surface area contributed by atoms with E-state index in [-0.39, 0.29) is 12.1 Å². The van der Waals surface area contributed by atoms with Crippen LogP contribution >= 0.6 is 0 Å². The van der Waals surface area contributed by atoms with Crippen molar-refractivity contribution in [3.05, 3.63) is 35.9 Å². The fourth-order valence-corrected chi connectivity index (χ4v) is 3.60. The third-order valence-electron chi connectivity index (χ3n) is 3.44. The van der Waals surface area contributed by atoms with Gasteiger partial charge in [-0.1, -0.05) is 30.3 Å². The molecule has 0 bridgehead atoms. The Hall–Kier alpha value is -0.910. The van der Waals surface area contributed by atoms with E-state index >= 15 is 0 Å². The summed E-state index contributed by atoms with van der Waals surface area (Å²) in [6, 6.07) is 9.73. The van der Waals surface area contributed by atoms with Crippen LogP contribution < -0.4 is 0 Å². The van der Waals surface area contributed by atoms with Crippen LogP contribution in [0.3, 0.4) is 0 Å². The van der Waals surface area contributed by atoms with Crippen LogP contribution in [0.5, 0.6) is 0 Å². The van der Waals surface area contributed by atoms with Crippen molar-refractivity contribution in [3.63, 3.8) is 0 Å². The number of piperidine rings is 1. The Labute approximate surface area is 109 Å². The number of hydrogen-bond acceptors (Lipinski definition) is 3. The van der Waals surface area contributed by atoms with Gasteiger partial charge in [0.25, 0.3) is 0 Å². The molecular weight excluding hydrogens is 250 g/mol. The molecule has 1 aliphatic heterocycles. The lowest BCUT2D eigenvalue weighted by molar-refractivity contribution is 0.0388. The second kappa shape index (κ2) is 5.38. The molecule has 1 aliphatic rings. The van der Waals surface area contributed by atoms with Crippen LogP contribution in [0.1, 0.15) is 24.4 Å². The molecule has 0 radical (unpaired) electrons. The Bertz CT molecular complexity index is 486. The van der Waals surface area contributed by atoms with Crippen LogP contribution in [0.15, 0.2) is 30.3 Å². The molecule has 5 heteroatoms. The van der Waals surface area contributed by atoms with Crippen molar-refractivity contribution in [1.82, 2.24) is 4.31 Å². The van der Waals surface area contributed by atoms with Crippen LogP contribution in [0.4, 0.5) is 0 Å². The lowest BCUT2D eigenvalue weighted by Gasteiger charge is -2.37. The van der Waals surface area contributed by atoms with Gasteiger partial charge in [0.1, 0.15) is 0 Å². The van der Waals surface area contributed by atoms with Gasteiger partial charge in [-0.25, -0.2) is 8.42 Å². The maximum atomic E-state index is 11.9. The number of sulfonamides is 1. The summed E-state index contributed by atoms with van der Waals surface area (Å²) in [5.41, 5.74) is 1.05. The fourth-order valence-electron chi connectivity index (χ4n) is 2.47. The van der Waals surface area contributed by atoms with Crippen molar-refractivity contribution in [2.24, 2.45) is 0 Å². The zero-order valence-corrected chi connectivity index (χ0v) is 11.6. The van der Waals surface area contributed by atoms with Crippen molar-refractivity contribution in [3.8, 4) is 0 Å². The number of methoxy groups -OCH3 is 1. The maximum Gasteiger partial charge on any atom is 0.211 e. The highest BCUT2D eigenvalue weighted by Crippen LogP contribution is 2.33. The predicted molar refractivity (Wildman–Crippen MR) is 70.8 cm³/mol. The number of nitrogens with zero attached hydrogens (tertiary/aromatic N) is 1. The van der Waals surface area contributed by atoms with E-state index in [1.165, 1.54) is 6.26 Å². The average molecular weight is 269 g/mol. The minimum atomic E-state index is -3.21. The van der Waals surface area contributed by atoms with E-state index in [9.17, 15) is 8.42 Å². The molecule has 0 aliphatic carbocycles. The summed E-state index contributed by atoms with van der Waals surface area (Å²) in [5, 5.41) is 0. The first-order chi connectivity index (χ1) is 8.52. The van der Waals surface area contributed by atoms with Gasteiger partial charge in [0.15, 0.2) is 0 Å². The van der Waals surface area contributed by atoms with Gasteiger partial charge in [0.05, 0.1) is 12.4 Å². The van der Waals surface area contributed by atoms with E-state index in [1.807, 2.05) is 30.3 Å². The number of benzene rings is 1. The van der Waals surface area contributed by atoms with Crippen LogP contribution in [-0.4, -0.2) is 38.7 Å². The molecule has 1 aromatic carbocycles. The largest absolute Gasteiger partial charge is 0.380 e. The molecule has 2 atom stereocenters. The van der Waals surface area contributed by atoms with Gasteiger partial charge in [0.2, 0.25) is 10.0 Å². The van der Waals surface area contributed by atoms with Crippen LogP contribution in [0.2, 0.25) is 0 Å². The van der Waals surface area contributed by atoms with Crippen molar-refractivity contribution in [2.45, 2.75) is 25.0 Å². The normalized spacial score (nSPS) is 26.1. The van der Waals surface area contributed by atoms with Gasteiger partial charge in [-0.05, 0) is 18.4 Å². The Morgan fingerprint density at radius 2 is 1.89 bits per heavy atom. The molecule has 0 N–H and O–H groups in total. The molecule has 4 nitrogen and oxygen atoms in total. The Balaban J connectivity index is 2.29. The molecule has 1 fully saturated rings. The summed E-state index contributed by atoms with van der Waals surface area (Å²) < 4.78 is 30.7. The molecule has 1 saturated heterocycles. The second-order valence-corrected chi connectivity index (χ2v) is 6.63. The standard InChI is InChI=1S/C13H19NO3S/c1-17-12-8-9-13(11-6-4-3-5-7-11)14(10-12)18(2,15)16/h3-7,12-13H,8-10H2,1-2H3. The minimum Gasteiger partial charge on any atom is -0.380 e. The third-order valence-corrected chi connectivity index (χ3v) is 4.69. The van der Waals surface area contributed by atoms with E-state index in [1.54, 1.807) is 11.4 Å². The molecule has 1 heterocycles.